The Hall–Kier alpha value is -3.08. The summed E-state index contributed by atoms with van der Waals surface area (Å²) in [6, 6.07) is 20.2. The van der Waals surface area contributed by atoms with Gasteiger partial charge < -0.3 is 15.0 Å². The quantitative estimate of drug-likeness (QED) is 0.296. The third-order valence-electron chi connectivity index (χ3n) is 6.05. The van der Waals surface area contributed by atoms with Crippen molar-refractivity contribution in [1.29, 1.82) is 0 Å². The minimum atomic E-state index is -3.91. The standard InChI is InChI=1S/C29H33BrClN3O5S/c1-20(2)32-29(36)26(16-21-9-6-5-7-10-21)33(18-22-11-8-12-23(30)15-22)28(35)19-34(40(4,37)38)24-13-14-27(39-3)25(31)17-24/h5-15,17,20,26H,16,18-19H2,1-4H3,(H,32,36). The molecule has 40 heavy (non-hydrogen) atoms. The van der Waals surface area contributed by atoms with Crippen LogP contribution in [-0.2, 0) is 32.6 Å². The van der Waals surface area contributed by atoms with E-state index in [9.17, 15) is 18.0 Å². The number of benzene rings is 3. The first-order valence-electron chi connectivity index (χ1n) is 12.6. The fraction of sp³-hybridized carbons (Fsp3) is 0.310. The monoisotopic (exact) mass is 649 g/mol. The molecule has 0 aromatic heterocycles. The highest BCUT2D eigenvalue weighted by atomic mass is 79.9. The predicted octanol–water partition coefficient (Wildman–Crippen LogP) is 5.04. The molecule has 3 aromatic carbocycles. The minimum absolute atomic E-state index is 0.0856. The number of rotatable bonds is 12. The number of sulfonamides is 1. The molecule has 0 spiro atoms. The highest BCUT2D eigenvalue weighted by Crippen LogP contribution is 2.30. The van der Waals surface area contributed by atoms with Crippen LogP contribution in [0.2, 0.25) is 5.02 Å². The summed E-state index contributed by atoms with van der Waals surface area (Å²) in [4.78, 5) is 29.1. The molecule has 3 rings (SSSR count). The molecule has 2 amide bonds. The van der Waals surface area contributed by atoms with E-state index in [1.807, 2.05) is 68.4 Å². The molecule has 1 N–H and O–H groups in total. The zero-order chi connectivity index (χ0) is 29.4. The van der Waals surface area contributed by atoms with Crippen LogP contribution >= 0.6 is 27.5 Å². The fourth-order valence-electron chi connectivity index (χ4n) is 4.19. The Bertz CT molecular complexity index is 1440. The van der Waals surface area contributed by atoms with E-state index in [0.29, 0.717) is 5.75 Å². The van der Waals surface area contributed by atoms with Crippen LogP contribution in [0.1, 0.15) is 25.0 Å². The number of ether oxygens (including phenoxy) is 1. The van der Waals surface area contributed by atoms with E-state index in [0.717, 1.165) is 26.2 Å². The van der Waals surface area contributed by atoms with Gasteiger partial charge in [-0.2, -0.15) is 0 Å². The first kappa shape index (κ1) is 31.4. The highest BCUT2D eigenvalue weighted by Gasteiger charge is 2.33. The molecule has 0 bridgehead atoms. The molecule has 1 unspecified atom stereocenters. The lowest BCUT2D eigenvalue weighted by Gasteiger charge is -2.34. The molecule has 0 heterocycles. The van der Waals surface area contributed by atoms with Gasteiger partial charge in [0.2, 0.25) is 21.8 Å². The number of nitrogens with zero attached hydrogens (tertiary/aromatic N) is 2. The minimum Gasteiger partial charge on any atom is -0.495 e. The zero-order valence-electron chi connectivity index (χ0n) is 22.8. The summed E-state index contributed by atoms with van der Waals surface area (Å²) in [5.41, 5.74) is 1.84. The maximum Gasteiger partial charge on any atom is 0.244 e. The number of amides is 2. The lowest BCUT2D eigenvalue weighted by atomic mass is 10.0. The maximum atomic E-state index is 14.1. The van der Waals surface area contributed by atoms with Crippen LogP contribution in [0.3, 0.4) is 0 Å². The normalized spacial score (nSPS) is 12.1. The van der Waals surface area contributed by atoms with Crippen molar-refractivity contribution in [2.75, 3.05) is 24.2 Å². The smallest absolute Gasteiger partial charge is 0.244 e. The molecule has 3 aromatic rings. The van der Waals surface area contributed by atoms with Crippen LogP contribution in [0.25, 0.3) is 0 Å². The number of carbonyl (C=O) groups is 2. The molecular weight excluding hydrogens is 618 g/mol. The van der Waals surface area contributed by atoms with E-state index in [-0.39, 0.29) is 35.6 Å². The molecule has 0 saturated heterocycles. The van der Waals surface area contributed by atoms with Crippen LogP contribution in [0.15, 0.2) is 77.3 Å². The number of carbonyl (C=O) groups excluding carboxylic acids is 2. The molecule has 0 aliphatic heterocycles. The number of hydrogen-bond acceptors (Lipinski definition) is 5. The Balaban J connectivity index is 2.07. The Kier molecular flexibility index (Phi) is 11.0. The van der Waals surface area contributed by atoms with Crippen LogP contribution in [0, 0.1) is 0 Å². The van der Waals surface area contributed by atoms with Crippen LogP contribution < -0.4 is 14.4 Å². The Morgan fingerprint density at radius 1 is 1.00 bits per heavy atom. The highest BCUT2D eigenvalue weighted by molar-refractivity contribution is 9.10. The van der Waals surface area contributed by atoms with E-state index in [2.05, 4.69) is 21.2 Å². The van der Waals surface area contributed by atoms with Crippen LogP contribution in [0.5, 0.6) is 5.75 Å². The van der Waals surface area contributed by atoms with Gasteiger partial charge in [0.1, 0.15) is 18.3 Å². The van der Waals surface area contributed by atoms with Crippen molar-refractivity contribution in [1.82, 2.24) is 10.2 Å². The van der Waals surface area contributed by atoms with Crippen molar-refractivity contribution >= 4 is 55.1 Å². The van der Waals surface area contributed by atoms with Crippen LogP contribution in [0.4, 0.5) is 5.69 Å². The average molecular weight is 651 g/mol. The molecule has 0 aliphatic carbocycles. The number of halogens is 2. The van der Waals surface area contributed by atoms with Gasteiger partial charge in [-0.05, 0) is 55.3 Å². The second kappa shape index (κ2) is 14.0. The van der Waals surface area contributed by atoms with Gasteiger partial charge in [-0.25, -0.2) is 8.42 Å². The van der Waals surface area contributed by atoms with Gasteiger partial charge in [0, 0.05) is 23.5 Å². The van der Waals surface area contributed by atoms with E-state index in [4.69, 9.17) is 16.3 Å². The summed E-state index contributed by atoms with van der Waals surface area (Å²) in [7, 11) is -2.46. The first-order chi connectivity index (χ1) is 18.9. The fourth-order valence-corrected chi connectivity index (χ4v) is 5.73. The summed E-state index contributed by atoms with van der Waals surface area (Å²) in [6.45, 7) is 3.24. The molecule has 0 aliphatic rings. The van der Waals surface area contributed by atoms with E-state index < -0.39 is 28.5 Å². The number of anilines is 1. The van der Waals surface area contributed by atoms with Gasteiger partial charge in [-0.3, -0.25) is 13.9 Å². The summed E-state index contributed by atoms with van der Waals surface area (Å²) in [5, 5.41) is 3.13. The van der Waals surface area contributed by atoms with E-state index in [1.54, 1.807) is 0 Å². The second-order valence-corrected chi connectivity index (χ2v) is 12.8. The van der Waals surface area contributed by atoms with Crippen LogP contribution in [-0.4, -0.2) is 57.1 Å². The summed E-state index contributed by atoms with van der Waals surface area (Å²) in [6.07, 6.45) is 1.26. The Labute approximate surface area is 249 Å². The topological polar surface area (TPSA) is 96.0 Å². The van der Waals surface area contributed by atoms with Gasteiger partial charge in [0.25, 0.3) is 0 Å². The van der Waals surface area contributed by atoms with E-state index >= 15 is 0 Å². The number of hydrogen-bond donors (Lipinski definition) is 1. The summed E-state index contributed by atoms with van der Waals surface area (Å²) < 4.78 is 32.8. The van der Waals surface area contributed by atoms with Crippen molar-refractivity contribution in [3.63, 3.8) is 0 Å². The number of methoxy groups -OCH3 is 1. The molecule has 8 nitrogen and oxygen atoms in total. The van der Waals surface area contributed by atoms with Gasteiger partial charge in [-0.1, -0.05) is 70.0 Å². The first-order valence-corrected chi connectivity index (χ1v) is 15.6. The average Bonchev–Trinajstić information content (AvgIpc) is 2.88. The molecule has 1 atom stereocenters. The molecule has 0 fully saturated rings. The lowest BCUT2D eigenvalue weighted by molar-refractivity contribution is -0.140. The van der Waals surface area contributed by atoms with E-state index in [1.165, 1.54) is 30.2 Å². The third kappa shape index (κ3) is 8.71. The maximum absolute atomic E-state index is 14.1. The summed E-state index contributed by atoms with van der Waals surface area (Å²) in [5.74, 6) is -0.507. The largest absolute Gasteiger partial charge is 0.495 e. The molecule has 214 valence electrons. The van der Waals surface area contributed by atoms with Crippen molar-refractivity contribution in [3.8, 4) is 5.75 Å². The number of nitrogens with one attached hydrogen (secondary N) is 1. The molecule has 0 saturated carbocycles. The molecular formula is C29H33BrClN3O5S. The van der Waals surface area contributed by atoms with Crippen molar-refractivity contribution in [2.24, 2.45) is 0 Å². The van der Waals surface area contributed by atoms with Crippen molar-refractivity contribution in [2.45, 2.75) is 38.9 Å². The zero-order valence-corrected chi connectivity index (χ0v) is 26.0. The third-order valence-corrected chi connectivity index (χ3v) is 7.98. The van der Waals surface area contributed by atoms with Crippen molar-refractivity contribution < 1.29 is 22.7 Å². The van der Waals surface area contributed by atoms with Gasteiger partial charge in [0.05, 0.1) is 24.1 Å². The lowest BCUT2D eigenvalue weighted by Crippen LogP contribution is -2.54. The summed E-state index contributed by atoms with van der Waals surface area (Å²) >= 11 is 9.74. The Morgan fingerprint density at radius 2 is 1.68 bits per heavy atom. The molecule has 0 radical (unpaired) electrons. The van der Waals surface area contributed by atoms with Crippen molar-refractivity contribution in [3.05, 3.63) is 93.4 Å². The van der Waals surface area contributed by atoms with Gasteiger partial charge in [0.15, 0.2) is 0 Å². The SMILES string of the molecule is COc1ccc(N(CC(=O)N(Cc2cccc(Br)c2)C(Cc2ccccc2)C(=O)NC(C)C)S(C)(=O)=O)cc1Cl. The molecule has 11 heteroatoms. The Morgan fingerprint density at radius 3 is 2.25 bits per heavy atom. The second-order valence-electron chi connectivity index (χ2n) is 9.61. The van der Waals surface area contributed by atoms with Gasteiger partial charge >= 0.3 is 0 Å². The predicted molar refractivity (Wildman–Crippen MR) is 162 cm³/mol. The van der Waals surface area contributed by atoms with Gasteiger partial charge in [-0.15, -0.1) is 0 Å².